The molecule has 27 heavy (non-hydrogen) atoms. The molecule has 0 radical (unpaired) electrons. The lowest BCUT2D eigenvalue weighted by atomic mass is 10.3. The Kier molecular flexibility index (Phi) is 8.86. The molecule has 0 aliphatic carbocycles. The Morgan fingerprint density at radius 3 is 2.52 bits per heavy atom. The van der Waals surface area contributed by atoms with Gasteiger partial charge in [0.2, 0.25) is 10.0 Å². The molecule has 2 aromatic rings. The van der Waals surface area contributed by atoms with Gasteiger partial charge in [0.15, 0.2) is 5.96 Å². The second-order valence-electron chi connectivity index (χ2n) is 5.40. The first kappa shape index (κ1) is 21.5. The summed E-state index contributed by atoms with van der Waals surface area (Å²) >= 11 is 6.80. The summed E-state index contributed by atoms with van der Waals surface area (Å²) in [6.45, 7) is 1.91. The predicted molar refractivity (Wildman–Crippen MR) is 110 cm³/mol. The minimum absolute atomic E-state index is 0.202. The summed E-state index contributed by atoms with van der Waals surface area (Å²) in [4.78, 5) is 4.10. The number of para-hydroxylation sites is 1. The molecule has 1 heterocycles. The van der Waals surface area contributed by atoms with Gasteiger partial charge >= 0.3 is 0 Å². The van der Waals surface area contributed by atoms with Crippen LogP contribution in [0.15, 0.2) is 51.7 Å². The summed E-state index contributed by atoms with van der Waals surface area (Å²) in [7, 11) is -1.87. The highest BCUT2D eigenvalue weighted by Gasteiger charge is 2.15. The van der Waals surface area contributed by atoms with E-state index < -0.39 is 10.0 Å². The molecular formula is C17H23ClN4O3S2. The largest absolute Gasteiger partial charge is 0.494 e. The molecule has 2 rings (SSSR count). The third-order valence-corrected chi connectivity index (χ3v) is 6.56. The topological polar surface area (TPSA) is 91.8 Å². The van der Waals surface area contributed by atoms with Crippen LogP contribution in [0.2, 0.25) is 4.34 Å². The molecule has 0 atom stereocenters. The van der Waals surface area contributed by atoms with Crippen molar-refractivity contribution in [2.75, 3.05) is 33.3 Å². The summed E-state index contributed by atoms with van der Waals surface area (Å²) in [5.41, 5.74) is 0. The van der Waals surface area contributed by atoms with Gasteiger partial charge in [-0.1, -0.05) is 29.8 Å². The van der Waals surface area contributed by atoms with Gasteiger partial charge in [-0.05, 0) is 30.7 Å². The number of hydrogen-bond acceptors (Lipinski definition) is 5. The number of hydrogen-bond donors (Lipinski definition) is 3. The molecule has 0 fully saturated rings. The van der Waals surface area contributed by atoms with Crippen molar-refractivity contribution >= 4 is 38.9 Å². The molecule has 0 amide bonds. The Hall–Kier alpha value is -1.81. The zero-order valence-corrected chi connectivity index (χ0v) is 17.3. The Balaban J connectivity index is 1.60. The van der Waals surface area contributed by atoms with E-state index in [4.69, 9.17) is 16.3 Å². The van der Waals surface area contributed by atoms with Gasteiger partial charge in [-0.15, -0.1) is 11.3 Å². The summed E-state index contributed by atoms with van der Waals surface area (Å²) in [6.07, 6.45) is 0.807. The average Bonchev–Trinajstić information content (AvgIpc) is 3.11. The third-order valence-electron chi connectivity index (χ3n) is 3.37. The van der Waals surface area contributed by atoms with Crippen LogP contribution in [0.5, 0.6) is 5.75 Å². The van der Waals surface area contributed by atoms with E-state index in [2.05, 4.69) is 20.3 Å². The summed E-state index contributed by atoms with van der Waals surface area (Å²) < 4.78 is 32.9. The highest BCUT2D eigenvalue weighted by Crippen LogP contribution is 2.25. The molecule has 0 saturated heterocycles. The van der Waals surface area contributed by atoms with E-state index in [1.807, 2.05) is 30.3 Å². The van der Waals surface area contributed by atoms with E-state index in [-0.39, 0.29) is 10.8 Å². The monoisotopic (exact) mass is 430 g/mol. The van der Waals surface area contributed by atoms with Crippen molar-refractivity contribution in [1.82, 2.24) is 15.4 Å². The second-order valence-corrected chi connectivity index (χ2v) is 9.11. The molecule has 0 bridgehead atoms. The first-order valence-electron chi connectivity index (χ1n) is 8.38. The van der Waals surface area contributed by atoms with Gasteiger partial charge in [0.25, 0.3) is 0 Å². The number of guanidine groups is 1. The molecule has 0 aliphatic rings. The quantitative estimate of drug-likeness (QED) is 0.305. The lowest BCUT2D eigenvalue weighted by Gasteiger charge is -2.12. The lowest BCUT2D eigenvalue weighted by Crippen LogP contribution is -2.41. The van der Waals surface area contributed by atoms with Gasteiger partial charge in [0.05, 0.1) is 10.9 Å². The van der Waals surface area contributed by atoms with E-state index in [0.717, 1.165) is 23.5 Å². The van der Waals surface area contributed by atoms with Crippen molar-refractivity contribution in [3.05, 3.63) is 46.8 Å². The predicted octanol–water partition coefficient (Wildman–Crippen LogP) is 2.31. The lowest BCUT2D eigenvalue weighted by molar-refractivity contribution is 0.311. The summed E-state index contributed by atoms with van der Waals surface area (Å²) in [5.74, 6) is 1.45. The fourth-order valence-corrected chi connectivity index (χ4v) is 4.65. The van der Waals surface area contributed by atoms with Crippen molar-refractivity contribution in [2.24, 2.45) is 4.99 Å². The van der Waals surface area contributed by atoms with Gasteiger partial charge in [-0.3, -0.25) is 4.99 Å². The molecule has 0 unspecified atom stereocenters. The smallest absolute Gasteiger partial charge is 0.250 e. The fraction of sp³-hybridized carbons (Fsp3) is 0.353. The molecule has 148 valence electrons. The van der Waals surface area contributed by atoms with Crippen LogP contribution in [0.3, 0.4) is 0 Å². The summed E-state index contributed by atoms with van der Waals surface area (Å²) in [5, 5.41) is 6.21. The van der Waals surface area contributed by atoms with Crippen molar-refractivity contribution in [3.63, 3.8) is 0 Å². The van der Waals surface area contributed by atoms with Gasteiger partial charge in [0, 0.05) is 26.7 Å². The second kappa shape index (κ2) is 11.1. The minimum Gasteiger partial charge on any atom is -0.494 e. The van der Waals surface area contributed by atoms with Gasteiger partial charge in [-0.25, -0.2) is 13.1 Å². The Labute approximate surface area is 168 Å². The Bertz CT molecular complexity index is 826. The number of ether oxygens (including phenoxy) is 1. The third kappa shape index (κ3) is 7.76. The Morgan fingerprint density at radius 1 is 1.11 bits per heavy atom. The molecule has 0 saturated carbocycles. The zero-order valence-electron chi connectivity index (χ0n) is 14.9. The van der Waals surface area contributed by atoms with E-state index in [1.54, 1.807) is 13.1 Å². The number of halogens is 1. The van der Waals surface area contributed by atoms with Crippen LogP contribution in [-0.2, 0) is 10.0 Å². The number of benzene rings is 1. The van der Waals surface area contributed by atoms with E-state index in [1.165, 1.54) is 6.07 Å². The normalized spacial score (nSPS) is 12.0. The highest BCUT2D eigenvalue weighted by atomic mass is 35.5. The highest BCUT2D eigenvalue weighted by molar-refractivity contribution is 7.91. The zero-order chi connectivity index (χ0) is 19.5. The number of nitrogens with one attached hydrogen (secondary N) is 3. The van der Waals surface area contributed by atoms with E-state index >= 15 is 0 Å². The maximum atomic E-state index is 12.1. The number of sulfonamides is 1. The molecule has 0 spiro atoms. The summed E-state index contributed by atoms with van der Waals surface area (Å²) in [6, 6.07) is 12.7. The van der Waals surface area contributed by atoms with Crippen LogP contribution < -0.4 is 20.1 Å². The molecule has 1 aromatic heterocycles. The van der Waals surface area contributed by atoms with Crippen molar-refractivity contribution in [2.45, 2.75) is 10.6 Å². The first-order chi connectivity index (χ1) is 13.0. The van der Waals surface area contributed by atoms with Crippen molar-refractivity contribution < 1.29 is 13.2 Å². The fourth-order valence-electron chi connectivity index (χ4n) is 2.09. The van der Waals surface area contributed by atoms with E-state index in [9.17, 15) is 8.42 Å². The van der Waals surface area contributed by atoms with Crippen LogP contribution in [0.4, 0.5) is 0 Å². The standard InChI is InChI=1S/C17H23ClN4O3S2/c1-19-17(20-10-5-13-25-14-6-3-2-4-7-14)21-11-12-22-27(23,24)16-9-8-15(18)26-16/h2-4,6-9,22H,5,10-13H2,1H3,(H2,19,20,21). The maximum absolute atomic E-state index is 12.1. The average molecular weight is 431 g/mol. The molecule has 1 aromatic carbocycles. The van der Waals surface area contributed by atoms with Crippen LogP contribution in [-0.4, -0.2) is 47.7 Å². The van der Waals surface area contributed by atoms with Crippen LogP contribution in [0.25, 0.3) is 0 Å². The molecule has 0 aliphatic heterocycles. The van der Waals surface area contributed by atoms with Crippen molar-refractivity contribution in [1.29, 1.82) is 0 Å². The molecule has 7 nitrogen and oxygen atoms in total. The number of nitrogens with zero attached hydrogens (tertiary/aromatic N) is 1. The molecule has 3 N–H and O–H groups in total. The molecular weight excluding hydrogens is 408 g/mol. The van der Waals surface area contributed by atoms with Gasteiger partial charge in [-0.2, -0.15) is 0 Å². The number of rotatable bonds is 10. The van der Waals surface area contributed by atoms with Crippen LogP contribution in [0.1, 0.15) is 6.42 Å². The first-order valence-corrected chi connectivity index (χ1v) is 11.1. The van der Waals surface area contributed by atoms with Crippen LogP contribution in [0, 0.1) is 0 Å². The maximum Gasteiger partial charge on any atom is 0.250 e. The molecule has 10 heteroatoms. The van der Waals surface area contributed by atoms with E-state index in [0.29, 0.717) is 30.0 Å². The van der Waals surface area contributed by atoms with Crippen molar-refractivity contribution in [3.8, 4) is 5.75 Å². The number of aliphatic imine (C=N–C) groups is 1. The SMILES string of the molecule is CN=C(NCCCOc1ccccc1)NCCNS(=O)(=O)c1ccc(Cl)s1. The Morgan fingerprint density at radius 2 is 1.85 bits per heavy atom. The minimum atomic E-state index is -3.53. The van der Waals surface area contributed by atoms with Crippen LogP contribution >= 0.6 is 22.9 Å². The number of thiophene rings is 1. The van der Waals surface area contributed by atoms with Gasteiger partial charge < -0.3 is 15.4 Å². The van der Waals surface area contributed by atoms with Gasteiger partial charge in [0.1, 0.15) is 9.96 Å².